The molecule has 1 aliphatic rings. The van der Waals surface area contributed by atoms with Gasteiger partial charge in [0.25, 0.3) is 0 Å². The molecule has 0 aromatic heterocycles. The third kappa shape index (κ3) is 5.58. The molecular formula is C13H16F3NO3. The van der Waals surface area contributed by atoms with Crippen LogP contribution >= 0.6 is 0 Å². The van der Waals surface area contributed by atoms with Crippen molar-refractivity contribution in [2.45, 2.75) is 24.6 Å². The highest BCUT2D eigenvalue weighted by Gasteiger charge is 2.38. The zero-order valence-electron chi connectivity index (χ0n) is 10.7. The Balaban J connectivity index is 0.000000246. The molecule has 112 valence electrons. The summed E-state index contributed by atoms with van der Waals surface area (Å²) in [5.74, 6) is -2.76. The molecule has 1 heterocycles. The molecule has 1 saturated heterocycles. The summed E-state index contributed by atoms with van der Waals surface area (Å²) in [5, 5.41) is 20.0. The maximum Gasteiger partial charge on any atom is 0.490 e. The number of aliphatic carboxylic acids is 1. The fourth-order valence-electron chi connectivity index (χ4n) is 1.61. The van der Waals surface area contributed by atoms with Gasteiger partial charge in [-0.25, -0.2) is 4.79 Å². The SMILES string of the molecule is O=C(O)C(F)(F)F.OC1(CCc2ccccc2)CNC1. The second kappa shape index (κ2) is 6.71. The van der Waals surface area contributed by atoms with Gasteiger partial charge in [0.05, 0.1) is 5.60 Å². The number of rotatable bonds is 3. The third-order valence-electron chi connectivity index (χ3n) is 2.87. The summed E-state index contributed by atoms with van der Waals surface area (Å²) < 4.78 is 31.7. The number of benzene rings is 1. The number of halogens is 3. The summed E-state index contributed by atoms with van der Waals surface area (Å²) in [6.07, 6.45) is -3.25. The number of hydrogen-bond donors (Lipinski definition) is 3. The van der Waals surface area contributed by atoms with Gasteiger partial charge in [-0.05, 0) is 18.4 Å². The van der Waals surface area contributed by atoms with E-state index in [1.807, 2.05) is 18.2 Å². The number of carboxylic acids is 1. The molecule has 3 N–H and O–H groups in total. The van der Waals surface area contributed by atoms with Crippen molar-refractivity contribution in [3.05, 3.63) is 35.9 Å². The van der Waals surface area contributed by atoms with Gasteiger partial charge in [-0.3, -0.25) is 0 Å². The number of alkyl halides is 3. The molecule has 0 aliphatic carbocycles. The van der Waals surface area contributed by atoms with E-state index in [1.54, 1.807) is 0 Å². The van der Waals surface area contributed by atoms with Crippen LogP contribution in [0.5, 0.6) is 0 Å². The molecule has 0 amide bonds. The number of aliphatic hydroxyl groups is 1. The average Bonchev–Trinajstić information content (AvgIpc) is 2.35. The second-order valence-corrected chi connectivity index (χ2v) is 4.62. The lowest BCUT2D eigenvalue weighted by molar-refractivity contribution is -0.192. The Morgan fingerprint density at radius 1 is 1.25 bits per heavy atom. The number of carbonyl (C=O) groups is 1. The highest BCUT2D eigenvalue weighted by Crippen LogP contribution is 2.18. The molecule has 0 atom stereocenters. The summed E-state index contributed by atoms with van der Waals surface area (Å²) in [5.41, 5.74) is 0.873. The van der Waals surface area contributed by atoms with Crippen molar-refractivity contribution in [1.29, 1.82) is 0 Å². The van der Waals surface area contributed by atoms with Gasteiger partial charge in [0.15, 0.2) is 0 Å². The van der Waals surface area contributed by atoms with E-state index in [1.165, 1.54) is 5.56 Å². The molecule has 0 spiro atoms. The number of hydrogen-bond acceptors (Lipinski definition) is 3. The van der Waals surface area contributed by atoms with Crippen LogP contribution in [0, 0.1) is 0 Å². The number of nitrogens with one attached hydrogen (secondary N) is 1. The molecule has 0 saturated carbocycles. The minimum Gasteiger partial charge on any atom is -0.475 e. The van der Waals surface area contributed by atoms with E-state index in [-0.39, 0.29) is 0 Å². The second-order valence-electron chi connectivity index (χ2n) is 4.62. The van der Waals surface area contributed by atoms with Gasteiger partial charge >= 0.3 is 12.1 Å². The molecule has 0 radical (unpaired) electrons. The predicted octanol–water partition coefficient (Wildman–Crippen LogP) is 1.59. The number of carboxylic acid groups (broad SMARTS) is 1. The first kappa shape index (κ1) is 16.5. The van der Waals surface area contributed by atoms with Crippen LogP contribution in [0.1, 0.15) is 12.0 Å². The van der Waals surface area contributed by atoms with E-state index in [0.29, 0.717) is 0 Å². The first-order valence-electron chi connectivity index (χ1n) is 6.00. The van der Waals surface area contributed by atoms with E-state index in [4.69, 9.17) is 9.90 Å². The van der Waals surface area contributed by atoms with Crippen molar-refractivity contribution in [3.8, 4) is 0 Å². The smallest absolute Gasteiger partial charge is 0.475 e. The predicted molar refractivity (Wildman–Crippen MR) is 66.3 cm³/mol. The van der Waals surface area contributed by atoms with Gasteiger partial charge in [0.2, 0.25) is 0 Å². The Morgan fingerprint density at radius 3 is 2.10 bits per heavy atom. The lowest BCUT2D eigenvalue weighted by Crippen LogP contribution is -2.59. The van der Waals surface area contributed by atoms with Crippen LogP contribution < -0.4 is 5.32 Å². The van der Waals surface area contributed by atoms with E-state index < -0.39 is 17.7 Å². The monoisotopic (exact) mass is 291 g/mol. The first-order valence-corrected chi connectivity index (χ1v) is 6.00. The van der Waals surface area contributed by atoms with Crippen LogP contribution in [0.2, 0.25) is 0 Å². The lowest BCUT2D eigenvalue weighted by Gasteiger charge is -2.37. The molecule has 1 aromatic rings. The standard InChI is InChI=1S/C11H15NO.C2HF3O2/c13-11(8-12-9-11)7-6-10-4-2-1-3-5-10;3-2(4,5)1(6)7/h1-5,12-13H,6-9H2;(H,6,7). The van der Waals surface area contributed by atoms with Crippen LogP contribution in [0.15, 0.2) is 30.3 Å². The zero-order valence-corrected chi connectivity index (χ0v) is 10.7. The van der Waals surface area contributed by atoms with Crippen LogP contribution in [-0.4, -0.2) is 41.0 Å². The van der Waals surface area contributed by atoms with Gasteiger partial charge in [-0.2, -0.15) is 13.2 Å². The molecule has 0 unspecified atom stereocenters. The summed E-state index contributed by atoms with van der Waals surface area (Å²) >= 11 is 0. The third-order valence-corrected chi connectivity index (χ3v) is 2.87. The van der Waals surface area contributed by atoms with Gasteiger partial charge in [0.1, 0.15) is 0 Å². The van der Waals surface area contributed by atoms with E-state index in [0.717, 1.165) is 25.9 Å². The van der Waals surface area contributed by atoms with Crippen LogP contribution in [-0.2, 0) is 11.2 Å². The molecule has 4 nitrogen and oxygen atoms in total. The Hall–Kier alpha value is -1.60. The Bertz CT molecular complexity index is 430. The van der Waals surface area contributed by atoms with Gasteiger partial charge in [-0.1, -0.05) is 30.3 Å². The zero-order chi connectivity index (χ0) is 15.2. The molecule has 1 aromatic carbocycles. The molecule has 20 heavy (non-hydrogen) atoms. The molecule has 0 bridgehead atoms. The lowest BCUT2D eigenvalue weighted by atomic mass is 9.90. The Kier molecular flexibility index (Phi) is 5.52. The van der Waals surface area contributed by atoms with Gasteiger partial charge in [0, 0.05) is 13.1 Å². The summed E-state index contributed by atoms with van der Waals surface area (Å²) in [7, 11) is 0. The first-order chi connectivity index (χ1) is 9.23. The summed E-state index contributed by atoms with van der Waals surface area (Å²) in [6.45, 7) is 1.50. The normalized spacial score (nSPS) is 16.6. The quantitative estimate of drug-likeness (QED) is 0.791. The van der Waals surface area contributed by atoms with Crippen molar-refractivity contribution in [3.63, 3.8) is 0 Å². The topological polar surface area (TPSA) is 69.6 Å². The summed E-state index contributed by atoms with van der Waals surface area (Å²) in [6, 6.07) is 10.3. The van der Waals surface area contributed by atoms with E-state index in [9.17, 15) is 18.3 Å². The number of β-amino-alcohol motifs (C(OH)–C–C–N with tert-alkyl or cyclic N) is 1. The molecule has 7 heteroatoms. The van der Waals surface area contributed by atoms with Gasteiger partial charge in [-0.15, -0.1) is 0 Å². The highest BCUT2D eigenvalue weighted by molar-refractivity contribution is 5.73. The van der Waals surface area contributed by atoms with E-state index >= 15 is 0 Å². The minimum absolute atomic E-state index is 0.435. The molecule has 1 aliphatic heterocycles. The maximum atomic E-state index is 10.6. The van der Waals surface area contributed by atoms with Crippen molar-refractivity contribution < 1.29 is 28.2 Å². The molecular weight excluding hydrogens is 275 g/mol. The maximum absolute atomic E-state index is 10.6. The largest absolute Gasteiger partial charge is 0.490 e. The van der Waals surface area contributed by atoms with Crippen LogP contribution in [0.4, 0.5) is 13.2 Å². The van der Waals surface area contributed by atoms with Crippen LogP contribution in [0.25, 0.3) is 0 Å². The van der Waals surface area contributed by atoms with Crippen molar-refractivity contribution >= 4 is 5.97 Å². The van der Waals surface area contributed by atoms with Crippen molar-refractivity contribution in [2.75, 3.05) is 13.1 Å². The van der Waals surface area contributed by atoms with Crippen molar-refractivity contribution in [2.24, 2.45) is 0 Å². The minimum atomic E-state index is -5.08. The summed E-state index contributed by atoms with van der Waals surface area (Å²) in [4.78, 5) is 8.90. The van der Waals surface area contributed by atoms with Crippen LogP contribution in [0.3, 0.4) is 0 Å². The van der Waals surface area contributed by atoms with Crippen molar-refractivity contribution in [1.82, 2.24) is 5.32 Å². The Labute approximate surface area is 114 Å². The molecule has 1 fully saturated rings. The highest BCUT2D eigenvalue weighted by atomic mass is 19.4. The average molecular weight is 291 g/mol. The van der Waals surface area contributed by atoms with E-state index in [2.05, 4.69) is 17.4 Å². The number of aryl methyl sites for hydroxylation is 1. The molecule has 2 rings (SSSR count). The fourth-order valence-corrected chi connectivity index (χ4v) is 1.61. The van der Waals surface area contributed by atoms with Gasteiger partial charge < -0.3 is 15.5 Å². The Morgan fingerprint density at radius 2 is 1.75 bits per heavy atom. The fraction of sp³-hybridized carbons (Fsp3) is 0.462.